The first-order chi connectivity index (χ1) is 7.65. The first-order valence-corrected chi connectivity index (χ1v) is 4.90. The molecule has 4 nitrogen and oxygen atoms in total. The Balaban J connectivity index is 2.11. The molecule has 0 aliphatic rings. The Kier molecular flexibility index (Phi) is 2.96. The predicted molar refractivity (Wildman–Crippen MR) is 54.1 cm³/mol. The molecule has 0 aliphatic carbocycles. The molecule has 0 aliphatic heterocycles. The first-order valence-electron chi connectivity index (χ1n) is 4.90. The van der Waals surface area contributed by atoms with Crippen LogP contribution in [0.3, 0.4) is 0 Å². The zero-order valence-corrected chi connectivity index (χ0v) is 8.72. The minimum atomic E-state index is -0.745. The van der Waals surface area contributed by atoms with Gasteiger partial charge in [-0.2, -0.15) is 4.98 Å². The topological polar surface area (TPSA) is 59.2 Å². The monoisotopic (exact) mass is 222 g/mol. The van der Waals surface area contributed by atoms with E-state index in [0.717, 1.165) is 5.56 Å². The fourth-order valence-corrected chi connectivity index (χ4v) is 1.29. The van der Waals surface area contributed by atoms with Gasteiger partial charge in [0.15, 0.2) is 5.82 Å². The molecule has 84 valence electrons. The van der Waals surface area contributed by atoms with Crippen molar-refractivity contribution in [2.75, 3.05) is 0 Å². The molecule has 0 saturated heterocycles. The number of aromatic nitrogens is 2. The lowest BCUT2D eigenvalue weighted by atomic mass is 10.1. The van der Waals surface area contributed by atoms with Crippen LogP contribution >= 0.6 is 0 Å². The van der Waals surface area contributed by atoms with Gasteiger partial charge in [-0.25, -0.2) is 4.39 Å². The van der Waals surface area contributed by atoms with E-state index < -0.39 is 6.10 Å². The van der Waals surface area contributed by atoms with Crippen LogP contribution in [-0.4, -0.2) is 15.2 Å². The van der Waals surface area contributed by atoms with Gasteiger partial charge < -0.3 is 9.63 Å². The van der Waals surface area contributed by atoms with Crippen LogP contribution < -0.4 is 0 Å². The van der Waals surface area contributed by atoms with E-state index >= 15 is 0 Å². The fraction of sp³-hybridized carbons (Fsp3) is 0.273. The summed E-state index contributed by atoms with van der Waals surface area (Å²) in [7, 11) is 0. The lowest BCUT2D eigenvalue weighted by Gasteiger charge is -1.95. The maximum Gasteiger partial charge on any atom is 0.231 e. The van der Waals surface area contributed by atoms with Crippen molar-refractivity contribution in [3.8, 4) is 0 Å². The second-order valence-electron chi connectivity index (χ2n) is 3.53. The summed E-state index contributed by atoms with van der Waals surface area (Å²) in [5.74, 6) is 0.388. The van der Waals surface area contributed by atoms with E-state index in [2.05, 4.69) is 10.1 Å². The van der Waals surface area contributed by atoms with Crippen LogP contribution in [0.15, 0.2) is 28.8 Å². The summed E-state index contributed by atoms with van der Waals surface area (Å²) < 4.78 is 17.6. The molecule has 1 unspecified atom stereocenters. The highest BCUT2D eigenvalue weighted by molar-refractivity contribution is 5.19. The van der Waals surface area contributed by atoms with Crippen molar-refractivity contribution in [1.82, 2.24) is 10.1 Å². The molecular weight excluding hydrogens is 211 g/mol. The van der Waals surface area contributed by atoms with Gasteiger partial charge in [0.05, 0.1) is 6.42 Å². The third kappa shape index (κ3) is 2.43. The maximum absolute atomic E-state index is 12.7. The molecule has 1 atom stereocenters. The highest BCUT2D eigenvalue weighted by atomic mass is 19.1. The number of rotatable bonds is 3. The zero-order valence-electron chi connectivity index (χ0n) is 8.72. The average molecular weight is 222 g/mol. The van der Waals surface area contributed by atoms with Crippen LogP contribution in [0.4, 0.5) is 4.39 Å². The summed E-state index contributed by atoms with van der Waals surface area (Å²) in [6.45, 7) is 1.56. The Morgan fingerprint density at radius 2 is 2.06 bits per heavy atom. The van der Waals surface area contributed by atoms with Crippen LogP contribution in [0.2, 0.25) is 0 Å². The van der Waals surface area contributed by atoms with Gasteiger partial charge in [-0.05, 0) is 24.6 Å². The SMILES string of the molecule is CC(O)c1noc(Cc2ccc(F)cc2)n1. The van der Waals surface area contributed by atoms with Crippen molar-refractivity contribution in [2.45, 2.75) is 19.4 Å². The molecule has 0 amide bonds. The van der Waals surface area contributed by atoms with Gasteiger partial charge in [-0.15, -0.1) is 0 Å². The molecule has 2 aromatic rings. The molecule has 1 heterocycles. The second kappa shape index (κ2) is 4.40. The van der Waals surface area contributed by atoms with E-state index in [1.54, 1.807) is 19.1 Å². The number of hydrogen-bond donors (Lipinski definition) is 1. The standard InChI is InChI=1S/C11H11FN2O2/c1-7(15)11-13-10(16-14-11)6-8-2-4-9(12)5-3-8/h2-5,7,15H,6H2,1H3. The van der Waals surface area contributed by atoms with E-state index in [9.17, 15) is 9.50 Å². The summed E-state index contributed by atoms with van der Waals surface area (Å²) in [6.07, 6.45) is -0.314. The number of halogens is 1. The van der Waals surface area contributed by atoms with Crippen molar-refractivity contribution in [2.24, 2.45) is 0 Å². The zero-order chi connectivity index (χ0) is 11.5. The van der Waals surface area contributed by atoms with Crippen LogP contribution in [0.1, 0.15) is 30.3 Å². The Morgan fingerprint density at radius 3 is 2.62 bits per heavy atom. The number of aliphatic hydroxyl groups excluding tert-OH is 1. The molecule has 2 rings (SSSR count). The summed E-state index contributed by atoms with van der Waals surface area (Å²) in [6, 6.07) is 6.06. The van der Waals surface area contributed by atoms with Crippen LogP contribution in [-0.2, 0) is 6.42 Å². The van der Waals surface area contributed by atoms with Crippen molar-refractivity contribution < 1.29 is 14.0 Å². The van der Waals surface area contributed by atoms with Crippen molar-refractivity contribution >= 4 is 0 Å². The maximum atomic E-state index is 12.7. The lowest BCUT2D eigenvalue weighted by molar-refractivity contribution is 0.184. The van der Waals surface area contributed by atoms with Crippen molar-refractivity contribution in [3.05, 3.63) is 47.4 Å². The number of aliphatic hydroxyl groups is 1. The van der Waals surface area contributed by atoms with Gasteiger partial charge in [0.1, 0.15) is 11.9 Å². The van der Waals surface area contributed by atoms with E-state index in [1.165, 1.54) is 12.1 Å². The highest BCUT2D eigenvalue weighted by Gasteiger charge is 2.10. The quantitative estimate of drug-likeness (QED) is 0.861. The molecule has 0 bridgehead atoms. The number of nitrogens with zero attached hydrogens (tertiary/aromatic N) is 2. The van der Waals surface area contributed by atoms with E-state index in [0.29, 0.717) is 12.3 Å². The van der Waals surface area contributed by atoms with E-state index in [1.807, 2.05) is 0 Å². The number of hydrogen-bond acceptors (Lipinski definition) is 4. The third-order valence-corrected chi connectivity index (χ3v) is 2.13. The second-order valence-corrected chi connectivity index (χ2v) is 3.53. The van der Waals surface area contributed by atoms with E-state index in [-0.39, 0.29) is 11.6 Å². The van der Waals surface area contributed by atoms with E-state index in [4.69, 9.17) is 4.52 Å². The first kappa shape index (κ1) is 10.8. The average Bonchev–Trinajstić information content (AvgIpc) is 2.70. The van der Waals surface area contributed by atoms with Gasteiger partial charge >= 0.3 is 0 Å². The Hall–Kier alpha value is -1.75. The molecule has 1 N–H and O–H groups in total. The molecule has 0 radical (unpaired) electrons. The molecule has 16 heavy (non-hydrogen) atoms. The van der Waals surface area contributed by atoms with Gasteiger partial charge in [-0.3, -0.25) is 0 Å². The van der Waals surface area contributed by atoms with Crippen molar-refractivity contribution in [3.63, 3.8) is 0 Å². The smallest absolute Gasteiger partial charge is 0.231 e. The minimum Gasteiger partial charge on any atom is -0.385 e. The molecule has 5 heteroatoms. The number of benzene rings is 1. The van der Waals surface area contributed by atoms with Gasteiger partial charge in [-0.1, -0.05) is 17.3 Å². The normalized spacial score (nSPS) is 12.7. The molecule has 1 aromatic carbocycles. The minimum absolute atomic E-state index is 0.261. The predicted octanol–water partition coefficient (Wildman–Crippen LogP) is 1.85. The van der Waals surface area contributed by atoms with Crippen LogP contribution in [0, 0.1) is 5.82 Å². The molecule has 1 aromatic heterocycles. The van der Waals surface area contributed by atoms with Gasteiger partial charge in [0.2, 0.25) is 5.89 Å². The Bertz CT molecular complexity index is 465. The molecular formula is C11H11FN2O2. The lowest BCUT2D eigenvalue weighted by Crippen LogP contribution is -1.94. The largest absolute Gasteiger partial charge is 0.385 e. The van der Waals surface area contributed by atoms with Crippen LogP contribution in [0.5, 0.6) is 0 Å². The highest BCUT2D eigenvalue weighted by Crippen LogP contribution is 2.11. The molecule has 0 fully saturated rings. The van der Waals surface area contributed by atoms with Gasteiger partial charge in [0, 0.05) is 0 Å². The van der Waals surface area contributed by atoms with Gasteiger partial charge in [0.25, 0.3) is 0 Å². The molecule has 0 saturated carbocycles. The fourth-order valence-electron chi connectivity index (χ4n) is 1.29. The summed E-state index contributed by atoms with van der Waals surface area (Å²) in [5.41, 5.74) is 0.877. The molecule has 0 spiro atoms. The summed E-state index contributed by atoms with van der Waals surface area (Å²) >= 11 is 0. The third-order valence-electron chi connectivity index (χ3n) is 2.13. The van der Waals surface area contributed by atoms with Crippen LogP contribution in [0.25, 0.3) is 0 Å². The Labute approximate surface area is 91.7 Å². The summed E-state index contributed by atoms with van der Waals surface area (Å²) in [5, 5.41) is 12.8. The summed E-state index contributed by atoms with van der Waals surface area (Å²) in [4.78, 5) is 4.01. The van der Waals surface area contributed by atoms with Crippen molar-refractivity contribution in [1.29, 1.82) is 0 Å². The Morgan fingerprint density at radius 1 is 1.38 bits per heavy atom.